The lowest BCUT2D eigenvalue weighted by atomic mass is 9.76. The van der Waals surface area contributed by atoms with E-state index >= 15 is 0 Å². The van der Waals surface area contributed by atoms with Gasteiger partial charge in [-0.1, -0.05) is 56.6 Å². The van der Waals surface area contributed by atoms with Crippen LogP contribution in [0, 0.1) is 11.8 Å². The Morgan fingerprint density at radius 1 is 1.16 bits per heavy atom. The highest BCUT2D eigenvalue weighted by Crippen LogP contribution is 2.44. The highest BCUT2D eigenvalue weighted by Gasteiger charge is 2.35. The van der Waals surface area contributed by atoms with Crippen LogP contribution in [-0.2, 0) is 9.53 Å². The molecule has 1 unspecified atom stereocenters. The third-order valence-electron chi connectivity index (χ3n) is 6.20. The molecule has 1 fully saturated rings. The number of benzene rings is 2. The molecular formula is C26H34ClNO3. The molecule has 0 bridgehead atoms. The quantitative estimate of drug-likeness (QED) is 0.532. The number of amides is 1. The van der Waals surface area contributed by atoms with Gasteiger partial charge in [-0.2, -0.15) is 0 Å². The van der Waals surface area contributed by atoms with Crippen LogP contribution < -0.4 is 10.1 Å². The average molecular weight is 444 g/mol. The molecule has 1 heterocycles. The predicted molar refractivity (Wildman–Crippen MR) is 126 cm³/mol. The molecule has 2 aromatic rings. The molecule has 1 saturated heterocycles. The predicted octanol–water partition coefficient (Wildman–Crippen LogP) is 6.15. The molecule has 0 saturated carbocycles. The Morgan fingerprint density at radius 3 is 2.58 bits per heavy atom. The summed E-state index contributed by atoms with van der Waals surface area (Å²) in [7, 11) is 0. The van der Waals surface area contributed by atoms with Crippen molar-refractivity contribution in [2.24, 2.45) is 11.8 Å². The molecule has 31 heavy (non-hydrogen) atoms. The summed E-state index contributed by atoms with van der Waals surface area (Å²) in [5, 5.41) is 3.68. The first-order valence-electron chi connectivity index (χ1n) is 11.3. The Labute approximate surface area is 191 Å². The summed E-state index contributed by atoms with van der Waals surface area (Å²) in [6, 6.07) is 16.2. The molecule has 0 aliphatic carbocycles. The molecular weight excluding hydrogens is 410 g/mol. The normalized spacial score (nSPS) is 22.2. The minimum Gasteiger partial charge on any atom is -0.484 e. The summed E-state index contributed by atoms with van der Waals surface area (Å²) in [5.74, 6) is 1.83. The van der Waals surface area contributed by atoms with Crippen LogP contribution >= 0.6 is 11.6 Å². The van der Waals surface area contributed by atoms with E-state index in [9.17, 15) is 4.79 Å². The second kappa shape index (κ2) is 11.0. The highest BCUT2D eigenvalue weighted by molar-refractivity contribution is 6.30. The number of hydrogen-bond donors (Lipinski definition) is 1. The Kier molecular flexibility index (Phi) is 8.39. The fourth-order valence-corrected chi connectivity index (χ4v) is 4.27. The van der Waals surface area contributed by atoms with Crippen LogP contribution in [0.5, 0.6) is 5.75 Å². The van der Waals surface area contributed by atoms with E-state index in [0.717, 1.165) is 23.4 Å². The molecule has 2 aromatic carbocycles. The first-order chi connectivity index (χ1) is 14.9. The van der Waals surface area contributed by atoms with Gasteiger partial charge in [-0.3, -0.25) is 4.79 Å². The molecule has 1 N–H and O–H groups in total. The summed E-state index contributed by atoms with van der Waals surface area (Å²) in [4.78, 5) is 12.0. The lowest BCUT2D eigenvalue weighted by Crippen LogP contribution is -2.35. The number of carbonyl (C=O) groups is 1. The summed E-state index contributed by atoms with van der Waals surface area (Å²) < 4.78 is 12.2. The second-order valence-electron chi connectivity index (χ2n) is 8.88. The molecule has 1 amide bonds. The number of halogens is 1. The lowest BCUT2D eigenvalue weighted by Gasteiger charge is -2.39. The first kappa shape index (κ1) is 23.6. The summed E-state index contributed by atoms with van der Waals surface area (Å²) in [6.45, 7) is 9.24. The van der Waals surface area contributed by atoms with E-state index in [-0.39, 0.29) is 24.7 Å². The SMILES string of the molecule is CCC(C)NC(=O)COc1cccc([C@@H]2OC[C@@H](c3ccc(Cl)cc3)C[C@H]2C(C)C)c1. The third kappa shape index (κ3) is 6.47. The van der Waals surface area contributed by atoms with Gasteiger partial charge in [0.25, 0.3) is 5.91 Å². The topological polar surface area (TPSA) is 47.6 Å². The number of carbonyl (C=O) groups excluding carboxylic acids is 1. The van der Waals surface area contributed by atoms with Crippen molar-refractivity contribution < 1.29 is 14.3 Å². The van der Waals surface area contributed by atoms with Gasteiger partial charge < -0.3 is 14.8 Å². The van der Waals surface area contributed by atoms with Crippen LogP contribution in [0.1, 0.15) is 63.7 Å². The van der Waals surface area contributed by atoms with Crippen molar-refractivity contribution in [3.8, 4) is 5.75 Å². The molecule has 1 aliphatic rings. The molecule has 3 rings (SSSR count). The smallest absolute Gasteiger partial charge is 0.258 e. The highest BCUT2D eigenvalue weighted by atomic mass is 35.5. The van der Waals surface area contributed by atoms with Crippen molar-refractivity contribution >= 4 is 17.5 Å². The van der Waals surface area contributed by atoms with E-state index in [1.165, 1.54) is 5.56 Å². The Bertz CT molecular complexity index is 852. The minimum atomic E-state index is -0.0977. The van der Waals surface area contributed by atoms with Crippen molar-refractivity contribution in [1.29, 1.82) is 0 Å². The summed E-state index contributed by atoms with van der Waals surface area (Å²) in [6.07, 6.45) is 1.97. The van der Waals surface area contributed by atoms with Crippen LogP contribution in [0.4, 0.5) is 0 Å². The van der Waals surface area contributed by atoms with E-state index in [0.29, 0.717) is 30.1 Å². The van der Waals surface area contributed by atoms with E-state index < -0.39 is 0 Å². The van der Waals surface area contributed by atoms with E-state index in [4.69, 9.17) is 21.1 Å². The number of nitrogens with one attached hydrogen (secondary N) is 1. The summed E-state index contributed by atoms with van der Waals surface area (Å²) >= 11 is 6.06. The van der Waals surface area contributed by atoms with Gasteiger partial charge in [0.2, 0.25) is 0 Å². The second-order valence-corrected chi connectivity index (χ2v) is 9.32. The van der Waals surface area contributed by atoms with Gasteiger partial charge in [-0.25, -0.2) is 0 Å². The largest absolute Gasteiger partial charge is 0.484 e. The van der Waals surface area contributed by atoms with Crippen LogP contribution in [0.25, 0.3) is 0 Å². The van der Waals surface area contributed by atoms with Gasteiger partial charge in [0, 0.05) is 17.0 Å². The fourth-order valence-electron chi connectivity index (χ4n) is 4.14. The molecule has 4 nitrogen and oxygen atoms in total. The van der Waals surface area contributed by atoms with Gasteiger partial charge in [0.05, 0.1) is 12.7 Å². The van der Waals surface area contributed by atoms with Crippen molar-refractivity contribution in [1.82, 2.24) is 5.32 Å². The van der Waals surface area contributed by atoms with E-state index in [2.05, 4.69) is 37.4 Å². The molecule has 4 atom stereocenters. The molecule has 5 heteroatoms. The zero-order chi connectivity index (χ0) is 22.4. The molecule has 1 aliphatic heterocycles. The van der Waals surface area contributed by atoms with Crippen LogP contribution in [-0.4, -0.2) is 25.2 Å². The maximum Gasteiger partial charge on any atom is 0.258 e. The first-order valence-corrected chi connectivity index (χ1v) is 11.6. The van der Waals surface area contributed by atoms with Crippen molar-refractivity contribution in [2.75, 3.05) is 13.2 Å². The average Bonchev–Trinajstić information content (AvgIpc) is 2.78. The monoisotopic (exact) mass is 443 g/mol. The van der Waals surface area contributed by atoms with E-state index in [1.807, 2.05) is 44.2 Å². The van der Waals surface area contributed by atoms with Crippen molar-refractivity contribution in [3.05, 3.63) is 64.7 Å². The van der Waals surface area contributed by atoms with Gasteiger partial charge in [0.1, 0.15) is 5.75 Å². The lowest BCUT2D eigenvalue weighted by molar-refractivity contribution is -0.123. The molecule has 0 spiro atoms. The Balaban J connectivity index is 1.68. The maximum atomic E-state index is 12.0. The molecule has 0 aromatic heterocycles. The molecule has 168 valence electrons. The van der Waals surface area contributed by atoms with Crippen molar-refractivity contribution in [3.63, 3.8) is 0 Å². The zero-order valence-electron chi connectivity index (χ0n) is 18.9. The van der Waals surface area contributed by atoms with Gasteiger partial charge >= 0.3 is 0 Å². The van der Waals surface area contributed by atoms with Gasteiger partial charge in [0.15, 0.2) is 6.61 Å². The van der Waals surface area contributed by atoms with Crippen LogP contribution in [0.2, 0.25) is 5.02 Å². The Morgan fingerprint density at radius 2 is 1.90 bits per heavy atom. The Hall–Kier alpha value is -2.04. The maximum absolute atomic E-state index is 12.0. The molecule has 0 radical (unpaired) electrons. The van der Waals surface area contributed by atoms with Gasteiger partial charge in [-0.15, -0.1) is 0 Å². The summed E-state index contributed by atoms with van der Waals surface area (Å²) in [5.41, 5.74) is 2.38. The van der Waals surface area contributed by atoms with E-state index in [1.54, 1.807) is 0 Å². The fraction of sp³-hybridized carbons (Fsp3) is 0.500. The van der Waals surface area contributed by atoms with Gasteiger partial charge in [-0.05, 0) is 67.0 Å². The van der Waals surface area contributed by atoms with Crippen LogP contribution in [0.15, 0.2) is 48.5 Å². The standard InChI is InChI=1S/C26H34ClNO3/c1-5-18(4)28-25(29)16-30-23-8-6-7-20(13-23)26-24(17(2)3)14-21(15-31-26)19-9-11-22(27)12-10-19/h6-13,17-18,21,24,26H,5,14-16H2,1-4H3,(H,28,29)/t18?,21-,24-,26-/m0/s1. The van der Waals surface area contributed by atoms with Crippen molar-refractivity contribution in [2.45, 2.75) is 58.6 Å². The zero-order valence-corrected chi connectivity index (χ0v) is 19.7. The number of hydrogen-bond acceptors (Lipinski definition) is 3. The number of ether oxygens (including phenoxy) is 2. The number of rotatable bonds is 8. The third-order valence-corrected chi connectivity index (χ3v) is 6.45. The van der Waals surface area contributed by atoms with Crippen LogP contribution in [0.3, 0.4) is 0 Å². The minimum absolute atomic E-state index is 0.0149.